The minimum atomic E-state index is 0.458. The molecule has 4 heteroatoms. The van der Waals surface area contributed by atoms with Crippen molar-refractivity contribution in [3.05, 3.63) is 0 Å². The zero-order valence-corrected chi connectivity index (χ0v) is 11.0. The minimum Gasteiger partial charge on any atom is -0.0768 e. The summed E-state index contributed by atoms with van der Waals surface area (Å²) in [6, 6.07) is 0. The third-order valence-electron chi connectivity index (χ3n) is 0. The molecule has 0 fully saturated rings. The monoisotopic (exact) mass is 372 g/mol. The summed E-state index contributed by atoms with van der Waals surface area (Å²) < 4.78 is 0.917. The Bertz CT molecular complexity index is 23.5. The van der Waals surface area contributed by atoms with E-state index in [1.807, 2.05) is 13.8 Å². The predicted molar refractivity (Wildman–Crippen MR) is 54.6 cm³/mol. The molecule has 0 heterocycles. The van der Waals surface area contributed by atoms with Gasteiger partial charge in [0.25, 0.3) is 0 Å². The van der Waals surface area contributed by atoms with Crippen LogP contribution in [0.15, 0.2) is 0 Å². The summed E-state index contributed by atoms with van der Waals surface area (Å²) in [7, 11) is 0. The highest BCUT2D eigenvalue weighted by Crippen LogP contribution is 2.03. The maximum Gasteiger partial charge on any atom is 0.0669 e. The Labute approximate surface area is 84.3 Å². The molecule has 0 aliphatic carbocycles. The van der Waals surface area contributed by atoms with Crippen LogP contribution >= 0.6 is 63.7 Å². The Balaban J connectivity index is 0. The smallest absolute Gasteiger partial charge is 0.0669 e. The highest BCUT2D eigenvalue weighted by molar-refractivity contribution is 9.25. The average Bonchev–Trinajstić information content (AvgIpc) is 1.25. The van der Waals surface area contributed by atoms with Gasteiger partial charge in [0.15, 0.2) is 0 Å². The van der Waals surface area contributed by atoms with Crippen LogP contribution in [0.2, 0.25) is 0 Å². The fourth-order valence-electron chi connectivity index (χ4n) is 0. The molecule has 0 radical (unpaired) electrons. The summed E-state index contributed by atoms with van der Waals surface area (Å²) in [6.07, 6.45) is 0. The van der Waals surface area contributed by atoms with Gasteiger partial charge in [0, 0.05) is 0 Å². The van der Waals surface area contributed by atoms with E-state index >= 15 is 0 Å². The molecule has 0 bridgehead atoms. The van der Waals surface area contributed by atoms with Crippen molar-refractivity contribution >= 4 is 63.7 Å². The van der Waals surface area contributed by atoms with Crippen LogP contribution in [0.1, 0.15) is 13.8 Å². The van der Waals surface area contributed by atoms with Gasteiger partial charge in [-0.2, -0.15) is 0 Å². The molecule has 0 spiro atoms. The molecule has 8 heavy (non-hydrogen) atoms. The summed E-state index contributed by atoms with van der Waals surface area (Å²) in [5.41, 5.74) is 0. The first-order valence-electron chi connectivity index (χ1n) is 2.03. The van der Waals surface area contributed by atoms with Crippen molar-refractivity contribution in [2.75, 3.05) is 0 Å². The molecule has 0 saturated carbocycles. The fourth-order valence-corrected chi connectivity index (χ4v) is 0. The van der Waals surface area contributed by atoms with Gasteiger partial charge in [0.1, 0.15) is 0 Å². The first-order valence-corrected chi connectivity index (χ1v) is 5.69. The molecule has 0 saturated heterocycles. The van der Waals surface area contributed by atoms with Gasteiger partial charge < -0.3 is 0 Å². The van der Waals surface area contributed by atoms with Crippen LogP contribution in [0, 0.1) is 0 Å². The minimum absolute atomic E-state index is 0.458. The lowest BCUT2D eigenvalue weighted by Crippen LogP contribution is -1.60. The van der Waals surface area contributed by atoms with Crippen LogP contribution in [0.5, 0.6) is 0 Å². The number of hydrogen-bond donors (Lipinski definition) is 0. The maximum atomic E-state index is 3.19. The zero-order chi connectivity index (χ0) is 7.15. The molecule has 52 valence electrons. The van der Waals surface area contributed by atoms with Gasteiger partial charge in [0.05, 0.1) is 7.47 Å². The van der Waals surface area contributed by atoms with Crippen LogP contribution < -0.4 is 0 Å². The molecule has 0 unspecified atom stereocenters. The Hall–Kier alpha value is 1.92. The quantitative estimate of drug-likeness (QED) is 0.555. The van der Waals surface area contributed by atoms with Gasteiger partial charge in [-0.05, 0) is 13.8 Å². The fraction of sp³-hybridized carbons (Fsp3) is 1.00. The van der Waals surface area contributed by atoms with Crippen LogP contribution in [0.3, 0.4) is 0 Å². The van der Waals surface area contributed by atoms with E-state index in [1.54, 1.807) is 0 Å². The van der Waals surface area contributed by atoms with Crippen LogP contribution in [0.25, 0.3) is 0 Å². The zero-order valence-electron chi connectivity index (χ0n) is 4.67. The Kier molecular flexibility index (Phi) is 14.0. The molecular weight excluding hydrogens is 368 g/mol. The van der Waals surface area contributed by atoms with Crippen molar-refractivity contribution < 1.29 is 0 Å². The second-order valence-corrected chi connectivity index (χ2v) is 8.99. The molecule has 0 rings (SSSR count). The molecule has 0 N–H and O–H groups in total. The number of rotatable bonds is 0. The van der Waals surface area contributed by atoms with E-state index < -0.39 is 0 Å². The highest BCUT2D eigenvalue weighted by atomic mass is 79.9. The number of alkyl halides is 4. The molecule has 0 amide bonds. The van der Waals surface area contributed by atoms with E-state index in [9.17, 15) is 0 Å². The van der Waals surface area contributed by atoms with Gasteiger partial charge in [-0.25, -0.2) is 0 Å². The standard InChI is InChI=1S/2C2H4Br2/c2*1-2(3)4/h2*2H,1H3. The van der Waals surface area contributed by atoms with Crippen molar-refractivity contribution in [1.82, 2.24) is 0 Å². The third-order valence-corrected chi connectivity index (χ3v) is 0. The number of halogens is 4. The van der Waals surface area contributed by atoms with Gasteiger partial charge in [-0.1, -0.05) is 63.7 Å². The van der Waals surface area contributed by atoms with Crippen LogP contribution in [-0.2, 0) is 0 Å². The lowest BCUT2D eigenvalue weighted by molar-refractivity contribution is 1.48. The van der Waals surface area contributed by atoms with Gasteiger partial charge in [-0.15, -0.1) is 0 Å². The molecule has 0 aliphatic heterocycles. The van der Waals surface area contributed by atoms with E-state index in [4.69, 9.17) is 0 Å². The van der Waals surface area contributed by atoms with E-state index in [1.165, 1.54) is 0 Å². The predicted octanol–water partition coefficient (Wildman–Crippen LogP) is 4.24. The summed E-state index contributed by atoms with van der Waals surface area (Å²) in [5, 5.41) is 0. The van der Waals surface area contributed by atoms with Crippen molar-refractivity contribution in [2.24, 2.45) is 0 Å². The first kappa shape index (κ1) is 12.6. The van der Waals surface area contributed by atoms with E-state index in [0.29, 0.717) is 7.47 Å². The van der Waals surface area contributed by atoms with E-state index in [-0.39, 0.29) is 0 Å². The maximum absolute atomic E-state index is 3.19. The SMILES string of the molecule is CC(Br)Br.CC(Br)Br. The molecule has 0 nitrogen and oxygen atoms in total. The molecule has 0 aromatic carbocycles. The van der Waals surface area contributed by atoms with Gasteiger partial charge in [0.2, 0.25) is 0 Å². The Morgan fingerprint density at radius 2 is 0.750 bits per heavy atom. The van der Waals surface area contributed by atoms with Crippen molar-refractivity contribution in [3.63, 3.8) is 0 Å². The van der Waals surface area contributed by atoms with Crippen LogP contribution in [0.4, 0.5) is 0 Å². The topological polar surface area (TPSA) is 0 Å². The van der Waals surface area contributed by atoms with Crippen molar-refractivity contribution in [3.8, 4) is 0 Å². The molecule has 0 aliphatic rings. The Morgan fingerprint density at radius 3 is 0.750 bits per heavy atom. The second-order valence-electron chi connectivity index (χ2n) is 1.04. The average molecular weight is 376 g/mol. The third kappa shape index (κ3) is 103. The molecule has 0 aromatic rings. The largest absolute Gasteiger partial charge is 0.0768 e. The number of hydrogen-bond acceptors (Lipinski definition) is 0. The summed E-state index contributed by atoms with van der Waals surface area (Å²) in [4.78, 5) is 0. The van der Waals surface area contributed by atoms with Crippen LogP contribution in [-0.4, -0.2) is 7.47 Å². The molecular formula is C4H8Br4. The van der Waals surface area contributed by atoms with Gasteiger partial charge >= 0.3 is 0 Å². The normalized spacial score (nSPS) is 9.00. The van der Waals surface area contributed by atoms with E-state index in [0.717, 1.165) is 0 Å². The summed E-state index contributed by atoms with van der Waals surface area (Å²) >= 11 is 12.8. The van der Waals surface area contributed by atoms with Crippen molar-refractivity contribution in [2.45, 2.75) is 21.3 Å². The molecule has 0 aromatic heterocycles. The second kappa shape index (κ2) is 8.92. The lowest BCUT2D eigenvalue weighted by Gasteiger charge is -1.73. The summed E-state index contributed by atoms with van der Waals surface area (Å²) in [5.74, 6) is 0. The van der Waals surface area contributed by atoms with E-state index in [2.05, 4.69) is 63.7 Å². The molecule has 0 atom stereocenters. The highest BCUT2D eigenvalue weighted by Gasteiger charge is 1.74. The lowest BCUT2D eigenvalue weighted by atomic mass is 11.0. The van der Waals surface area contributed by atoms with Crippen molar-refractivity contribution in [1.29, 1.82) is 0 Å². The summed E-state index contributed by atoms with van der Waals surface area (Å²) in [6.45, 7) is 4.00. The van der Waals surface area contributed by atoms with Gasteiger partial charge in [-0.3, -0.25) is 0 Å². The Morgan fingerprint density at radius 1 is 0.750 bits per heavy atom. The first-order chi connectivity index (χ1) is 3.46.